The highest BCUT2D eigenvalue weighted by Gasteiger charge is 2.12. The van der Waals surface area contributed by atoms with Crippen molar-refractivity contribution in [3.05, 3.63) is 28.8 Å². The van der Waals surface area contributed by atoms with Crippen LogP contribution < -0.4 is 10.5 Å². The minimum atomic E-state index is 0. The number of nitrogens with two attached hydrogens (primary N) is 1. The number of hydrogen-bond donors (Lipinski definition) is 1. The van der Waals surface area contributed by atoms with E-state index in [1.165, 1.54) is 0 Å². The van der Waals surface area contributed by atoms with Crippen LogP contribution in [0.4, 0.5) is 0 Å². The van der Waals surface area contributed by atoms with Crippen LogP contribution in [-0.2, 0) is 6.54 Å². The predicted molar refractivity (Wildman–Crippen MR) is 102 cm³/mol. The lowest BCUT2D eigenvalue weighted by Crippen LogP contribution is -2.42. The summed E-state index contributed by atoms with van der Waals surface area (Å²) in [5, 5.41) is 0.669. The smallest absolute Gasteiger partial charge is 0.191 e. The number of hydrogen-bond acceptors (Lipinski definition) is 3. The van der Waals surface area contributed by atoms with Crippen LogP contribution in [0.2, 0.25) is 5.02 Å². The van der Waals surface area contributed by atoms with E-state index in [1.807, 2.05) is 36.9 Å². The van der Waals surface area contributed by atoms with Crippen LogP contribution in [0.15, 0.2) is 23.2 Å². The molecule has 2 rings (SSSR count). The number of rotatable bonds is 4. The van der Waals surface area contributed by atoms with Crippen LogP contribution in [0.1, 0.15) is 12.5 Å². The maximum atomic E-state index is 6.05. The second-order valence-electron chi connectivity index (χ2n) is 4.46. The fourth-order valence-corrected chi connectivity index (χ4v) is 3.07. The molecule has 1 saturated heterocycles. The maximum absolute atomic E-state index is 6.05. The molecule has 1 heterocycles. The second kappa shape index (κ2) is 9.63. The third-order valence-corrected chi connectivity index (χ3v) is 4.25. The summed E-state index contributed by atoms with van der Waals surface area (Å²) >= 11 is 7.94. The lowest BCUT2D eigenvalue weighted by atomic mass is 10.2. The Bertz CT molecular complexity index is 481. The van der Waals surface area contributed by atoms with Gasteiger partial charge in [0.25, 0.3) is 0 Å². The number of nitrogens with zero attached hydrogens (tertiary/aromatic N) is 2. The van der Waals surface area contributed by atoms with Gasteiger partial charge < -0.3 is 15.4 Å². The van der Waals surface area contributed by atoms with Crippen LogP contribution in [-0.4, -0.2) is 42.1 Å². The van der Waals surface area contributed by atoms with Crippen LogP contribution >= 0.6 is 47.3 Å². The van der Waals surface area contributed by atoms with E-state index in [1.54, 1.807) is 0 Å². The molecule has 0 unspecified atom stereocenters. The van der Waals surface area contributed by atoms with Gasteiger partial charge in [0.15, 0.2) is 5.96 Å². The average Bonchev–Trinajstić information content (AvgIpc) is 2.47. The van der Waals surface area contributed by atoms with Gasteiger partial charge in [-0.2, -0.15) is 11.8 Å². The number of halogens is 2. The first-order valence-corrected chi connectivity index (χ1v) is 8.28. The summed E-state index contributed by atoms with van der Waals surface area (Å²) in [5.74, 6) is 3.62. The molecular weight excluding hydrogens is 421 g/mol. The Hall–Kier alpha value is -0.340. The summed E-state index contributed by atoms with van der Waals surface area (Å²) in [4.78, 5) is 6.61. The van der Waals surface area contributed by atoms with Crippen molar-refractivity contribution < 1.29 is 4.74 Å². The molecule has 0 radical (unpaired) electrons. The Morgan fingerprint density at radius 1 is 1.43 bits per heavy atom. The zero-order chi connectivity index (χ0) is 14.4. The van der Waals surface area contributed by atoms with Crippen molar-refractivity contribution in [1.29, 1.82) is 0 Å². The highest BCUT2D eigenvalue weighted by atomic mass is 127. The zero-order valence-corrected chi connectivity index (χ0v) is 16.0. The predicted octanol–water partition coefficient (Wildman–Crippen LogP) is 3.22. The SMILES string of the molecule is CCOc1cc(Cl)ccc1CN=C(N)N1CCSCC1.I. The number of benzene rings is 1. The summed E-state index contributed by atoms with van der Waals surface area (Å²) < 4.78 is 5.58. The third kappa shape index (κ3) is 5.75. The van der Waals surface area contributed by atoms with Gasteiger partial charge in [0.05, 0.1) is 13.2 Å². The first-order chi connectivity index (χ1) is 9.70. The van der Waals surface area contributed by atoms with Gasteiger partial charge in [0.2, 0.25) is 0 Å². The van der Waals surface area contributed by atoms with Gasteiger partial charge in [-0.3, -0.25) is 0 Å². The molecule has 0 spiro atoms. The van der Waals surface area contributed by atoms with Crippen molar-refractivity contribution in [2.75, 3.05) is 31.2 Å². The Labute approximate surface area is 152 Å². The Morgan fingerprint density at radius 3 is 2.81 bits per heavy atom. The van der Waals surface area contributed by atoms with E-state index in [0.29, 0.717) is 24.1 Å². The van der Waals surface area contributed by atoms with E-state index in [0.717, 1.165) is 35.9 Å². The van der Waals surface area contributed by atoms with Gasteiger partial charge >= 0.3 is 0 Å². The highest BCUT2D eigenvalue weighted by molar-refractivity contribution is 14.0. The molecule has 0 amide bonds. The van der Waals surface area contributed by atoms with Gasteiger partial charge in [-0.25, -0.2) is 4.99 Å². The molecule has 0 aromatic heterocycles. The second-order valence-corrected chi connectivity index (χ2v) is 6.12. The minimum absolute atomic E-state index is 0. The maximum Gasteiger partial charge on any atom is 0.191 e. The molecule has 4 nitrogen and oxygen atoms in total. The summed E-state index contributed by atoms with van der Waals surface area (Å²) in [6.07, 6.45) is 0. The van der Waals surface area contributed by atoms with Crippen molar-refractivity contribution in [2.24, 2.45) is 10.7 Å². The third-order valence-electron chi connectivity index (χ3n) is 3.08. The van der Waals surface area contributed by atoms with Gasteiger partial charge in [0.1, 0.15) is 5.75 Å². The molecule has 7 heteroatoms. The molecule has 21 heavy (non-hydrogen) atoms. The number of guanidine groups is 1. The van der Waals surface area contributed by atoms with Gasteiger partial charge in [-0.05, 0) is 19.1 Å². The van der Waals surface area contributed by atoms with Crippen molar-refractivity contribution >= 4 is 53.3 Å². The van der Waals surface area contributed by atoms with E-state index in [-0.39, 0.29) is 24.0 Å². The van der Waals surface area contributed by atoms with Gasteiger partial charge in [-0.15, -0.1) is 24.0 Å². The first kappa shape index (κ1) is 18.7. The number of ether oxygens (including phenoxy) is 1. The molecule has 1 aromatic rings. The fraction of sp³-hybridized carbons (Fsp3) is 0.500. The van der Waals surface area contributed by atoms with Crippen LogP contribution in [0, 0.1) is 0 Å². The lowest BCUT2D eigenvalue weighted by Gasteiger charge is -2.27. The van der Waals surface area contributed by atoms with E-state index >= 15 is 0 Å². The standard InChI is InChI=1S/C14H20ClN3OS.HI/c1-2-19-13-9-12(15)4-3-11(13)10-17-14(16)18-5-7-20-8-6-18;/h3-4,9H,2,5-8,10H2,1H3,(H2,16,17);1H. The van der Waals surface area contributed by atoms with E-state index < -0.39 is 0 Å². The van der Waals surface area contributed by atoms with Crippen molar-refractivity contribution in [3.8, 4) is 5.75 Å². The van der Waals surface area contributed by atoms with E-state index in [9.17, 15) is 0 Å². The van der Waals surface area contributed by atoms with Crippen molar-refractivity contribution in [1.82, 2.24) is 4.90 Å². The Morgan fingerprint density at radius 2 is 2.14 bits per heavy atom. The highest BCUT2D eigenvalue weighted by Crippen LogP contribution is 2.24. The molecule has 0 aliphatic carbocycles. The minimum Gasteiger partial charge on any atom is -0.493 e. The molecule has 0 atom stereocenters. The summed E-state index contributed by atoms with van der Waals surface area (Å²) in [6.45, 7) is 5.02. The molecule has 1 aliphatic rings. The van der Waals surface area contributed by atoms with Gasteiger partial charge in [-0.1, -0.05) is 17.7 Å². The van der Waals surface area contributed by atoms with Gasteiger partial charge in [0, 0.05) is 35.2 Å². The molecule has 1 aliphatic heterocycles. The summed E-state index contributed by atoms with van der Waals surface area (Å²) in [7, 11) is 0. The lowest BCUT2D eigenvalue weighted by molar-refractivity contribution is 0.336. The van der Waals surface area contributed by atoms with Crippen molar-refractivity contribution in [2.45, 2.75) is 13.5 Å². The zero-order valence-electron chi connectivity index (χ0n) is 12.0. The molecule has 118 valence electrons. The number of aliphatic imine (C=N–C) groups is 1. The quantitative estimate of drug-likeness (QED) is 0.443. The largest absolute Gasteiger partial charge is 0.493 e. The summed E-state index contributed by atoms with van der Waals surface area (Å²) in [6, 6.07) is 5.61. The van der Waals surface area contributed by atoms with Crippen LogP contribution in [0.5, 0.6) is 5.75 Å². The average molecular weight is 442 g/mol. The number of thioether (sulfide) groups is 1. The molecule has 0 saturated carbocycles. The topological polar surface area (TPSA) is 50.9 Å². The first-order valence-electron chi connectivity index (χ1n) is 6.74. The summed E-state index contributed by atoms with van der Waals surface area (Å²) in [5.41, 5.74) is 7.06. The van der Waals surface area contributed by atoms with E-state index in [2.05, 4.69) is 9.89 Å². The molecular formula is C14H21ClIN3OS. The Balaban J connectivity index is 0.00000220. The normalized spacial score (nSPS) is 15.5. The van der Waals surface area contributed by atoms with Crippen LogP contribution in [0.3, 0.4) is 0 Å². The monoisotopic (exact) mass is 441 g/mol. The molecule has 0 bridgehead atoms. The fourth-order valence-electron chi connectivity index (χ4n) is 2.01. The van der Waals surface area contributed by atoms with Crippen molar-refractivity contribution in [3.63, 3.8) is 0 Å². The van der Waals surface area contributed by atoms with Crippen LogP contribution in [0.25, 0.3) is 0 Å². The van der Waals surface area contributed by atoms with E-state index in [4.69, 9.17) is 22.1 Å². The molecule has 1 fully saturated rings. The molecule has 2 N–H and O–H groups in total. The Kier molecular flexibility index (Phi) is 8.58. The molecule has 1 aromatic carbocycles.